The van der Waals surface area contributed by atoms with E-state index in [-0.39, 0.29) is 57.7 Å². The van der Waals surface area contributed by atoms with Crippen LogP contribution in [0.25, 0.3) is 0 Å². The molecule has 55 heavy (non-hydrogen) atoms. The second-order valence-corrected chi connectivity index (χ2v) is 21.1. The lowest BCUT2D eigenvalue weighted by molar-refractivity contribution is -0.232. The molecule has 1 aromatic heterocycles. The van der Waals surface area contributed by atoms with E-state index in [9.17, 15) is 24.3 Å². The van der Waals surface area contributed by atoms with Crippen LogP contribution in [0.3, 0.4) is 0 Å². The number of Topliss-reactive ketones (excluding diaryl/α,β-unsaturated/α-hetero) is 1. The number of ketones is 1. The van der Waals surface area contributed by atoms with Crippen LogP contribution in [0.1, 0.15) is 145 Å². The monoisotopic (exact) mass is 775 g/mol. The molecule has 1 amide bonds. The number of rotatable bonds is 9. The van der Waals surface area contributed by atoms with Gasteiger partial charge in [0, 0.05) is 29.6 Å². The predicted molar refractivity (Wildman–Crippen MR) is 211 cm³/mol. The number of fused-ring (bicyclic) bond motifs is 7. The van der Waals surface area contributed by atoms with E-state index in [1.807, 2.05) is 0 Å². The van der Waals surface area contributed by atoms with Gasteiger partial charge in [0.25, 0.3) is 0 Å². The van der Waals surface area contributed by atoms with Gasteiger partial charge in [0.1, 0.15) is 11.6 Å². The number of esters is 1. The van der Waals surface area contributed by atoms with Gasteiger partial charge in [-0.1, -0.05) is 66.1 Å². The third-order valence-corrected chi connectivity index (χ3v) is 16.8. The Labute approximate surface area is 332 Å². The summed E-state index contributed by atoms with van der Waals surface area (Å²) in [6, 6.07) is 0. The van der Waals surface area contributed by atoms with Gasteiger partial charge in [0.15, 0.2) is 11.6 Å². The normalized spacial score (nSPS) is 37.5. The van der Waals surface area contributed by atoms with E-state index >= 15 is 0 Å². The van der Waals surface area contributed by atoms with Crippen LogP contribution in [0, 0.1) is 56.2 Å². The Bertz CT molecular complexity index is 1850. The molecule has 6 aliphatic carbocycles. The fourth-order valence-corrected chi connectivity index (χ4v) is 13.4. The van der Waals surface area contributed by atoms with Gasteiger partial charge in [0.05, 0.1) is 16.9 Å². The van der Waals surface area contributed by atoms with E-state index in [2.05, 4.69) is 69.8 Å². The molecule has 0 radical (unpaired) electrons. The first-order valence-corrected chi connectivity index (χ1v) is 21.1. The molecular weight excluding hydrogens is 714 g/mol. The number of carboxylic acid groups (broad SMARTS) is 1. The topological polar surface area (TPSA) is 136 Å². The number of nitrogens with one attached hydrogen (secondary N) is 1. The first-order valence-electron chi connectivity index (χ1n) is 20.8. The Balaban J connectivity index is 1.14. The fraction of sp³-hybridized carbons (Fsp3) is 0.733. The number of allylic oxidation sites excluding steroid dienone is 3. The van der Waals surface area contributed by atoms with Gasteiger partial charge in [0.2, 0.25) is 5.91 Å². The SMILES string of the molecule is CC(C)C1=C2[C@H]3CC[C@@H]4[C@@]5(C)CC[C@H](OC(=O)CC(C)(C)C(=O)O)C(C)(C)[C@@H]5CC[C@@]4(C)[C@]3(C)CC[C@@]2(/C=C/C(=O)NC2(c3ncc(Cl)cn3)CC2)CC1=O. The third-order valence-electron chi connectivity index (χ3n) is 16.6. The minimum absolute atomic E-state index is 0.0244. The summed E-state index contributed by atoms with van der Waals surface area (Å²) in [7, 11) is 0. The standard InChI is InChI=1S/C45H62ClN3O6/c1-26(2)35-29(50)22-44(17-14-33(51)49-45(20-21-45)37-47-24-27(46)25-48-37)19-18-42(8)28(36(35)44)10-11-31-41(7)15-13-32(55-34(52)23-39(3,4)38(53)54)40(5,6)30(41)12-16-43(31,42)9/h14,17,24-26,28,30-32H,10-13,15-16,18-23H2,1-9H3,(H,49,51)(H,53,54)/b17-14+/t28-,30+,31-,32+,41+,42-,43-,44+/m1/s1. The zero-order valence-corrected chi connectivity index (χ0v) is 35.2. The molecule has 9 nitrogen and oxygen atoms in total. The lowest BCUT2D eigenvalue weighted by Gasteiger charge is -2.72. The number of carbonyl (C=O) groups excluding carboxylic acids is 3. The summed E-state index contributed by atoms with van der Waals surface area (Å²) in [6.07, 6.45) is 16.2. The molecule has 0 aromatic carbocycles. The van der Waals surface area contributed by atoms with Crippen LogP contribution in [0.2, 0.25) is 5.02 Å². The molecule has 10 heteroatoms. The molecule has 8 atom stereocenters. The van der Waals surface area contributed by atoms with E-state index in [1.54, 1.807) is 32.3 Å². The molecular formula is C45H62ClN3O6. The Hall–Kier alpha value is -3.07. The van der Waals surface area contributed by atoms with Crippen LogP contribution >= 0.6 is 11.6 Å². The number of hydrogen-bond donors (Lipinski definition) is 2. The van der Waals surface area contributed by atoms with Gasteiger partial charge in [-0.05, 0) is 135 Å². The number of carboxylic acids is 1. The molecule has 5 fully saturated rings. The van der Waals surface area contributed by atoms with Crippen molar-refractivity contribution < 1.29 is 29.0 Å². The number of amides is 1. The van der Waals surface area contributed by atoms with Crippen molar-refractivity contribution in [3.8, 4) is 0 Å². The molecule has 0 aliphatic heterocycles. The van der Waals surface area contributed by atoms with Crippen LogP contribution in [0.4, 0.5) is 0 Å². The quantitative estimate of drug-likeness (QED) is 0.187. The Kier molecular flexibility index (Phi) is 9.66. The average Bonchev–Trinajstić information content (AvgIpc) is 3.80. The average molecular weight is 776 g/mol. The maximum absolute atomic E-state index is 14.1. The van der Waals surface area contributed by atoms with E-state index in [4.69, 9.17) is 16.3 Å². The highest BCUT2D eigenvalue weighted by molar-refractivity contribution is 6.30. The molecule has 2 N–H and O–H groups in total. The van der Waals surface area contributed by atoms with Gasteiger partial charge in [-0.2, -0.15) is 0 Å². The molecule has 5 saturated carbocycles. The lowest BCUT2D eigenvalue weighted by atomic mass is 9.33. The molecule has 300 valence electrons. The second kappa shape index (κ2) is 13.2. The number of halogens is 1. The molecule has 1 aromatic rings. The Morgan fingerprint density at radius 3 is 2.24 bits per heavy atom. The molecule has 1 heterocycles. The Morgan fingerprint density at radius 1 is 0.945 bits per heavy atom. The first kappa shape index (κ1) is 40.1. The number of aromatic nitrogens is 2. The van der Waals surface area contributed by atoms with Crippen molar-refractivity contribution in [2.75, 3.05) is 0 Å². The van der Waals surface area contributed by atoms with Crippen LogP contribution in [-0.4, -0.2) is 44.8 Å². The summed E-state index contributed by atoms with van der Waals surface area (Å²) < 4.78 is 6.17. The summed E-state index contributed by atoms with van der Waals surface area (Å²) >= 11 is 6.03. The van der Waals surface area contributed by atoms with Crippen molar-refractivity contribution in [1.29, 1.82) is 0 Å². The summed E-state index contributed by atoms with van der Waals surface area (Å²) in [5.74, 6) is 0.384. The van der Waals surface area contributed by atoms with Gasteiger partial charge in [-0.25, -0.2) is 9.97 Å². The van der Waals surface area contributed by atoms with E-state index in [0.717, 1.165) is 69.8 Å². The summed E-state index contributed by atoms with van der Waals surface area (Å²) in [4.78, 5) is 61.3. The molecule has 7 rings (SSSR count). The van der Waals surface area contributed by atoms with Crippen molar-refractivity contribution in [2.24, 2.45) is 56.2 Å². The minimum Gasteiger partial charge on any atom is -0.481 e. The van der Waals surface area contributed by atoms with E-state index < -0.39 is 28.3 Å². The molecule has 0 bridgehead atoms. The van der Waals surface area contributed by atoms with Gasteiger partial charge in [-0.3, -0.25) is 19.2 Å². The largest absolute Gasteiger partial charge is 0.481 e. The highest BCUT2D eigenvalue weighted by Gasteiger charge is 2.70. The predicted octanol–water partition coefficient (Wildman–Crippen LogP) is 9.18. The van der Waals surface area contributed by atoms with Crippen molar-refractivity contribution in [2.45, 2.75) is 151 Å². The van der Waals surface area contributed by atoms with Crippen LogP contribution in [0.15, 0.2) is 35.7 Å². The maximum Gasteiger partial charge on any atom is 0.309 e. The summed E-state index contributed by atoms with van der Waals surface area (Å²) in [6.45, 7) is 19.6. The molecule has 0 unspecified atom stereocenters. The molecule has 0 saturated heterocycles. The molecule has 0 spiro atoms. The number of aliphatic carboxylic acids is 1. The second-order valence-electron chi connectivity index (χ2n) is 20.7. The number of carbonyl (C=O) groups is 4. The smallest absolute Gasteiger partial charge is 0.309 e. The van der Waals surface area contributed by atoms with Crippen LogP contribution < -0.4 is 5.32 Å². The third kappa shape index (κ3) is 6.23. The van der Waals surface area contributed by atoms with Crippen LogP contribution in [0.5, 0.6) is 0 Å². The van der Waals surface area contributed by atoms with Gasteiger partial charge >= 0.3 is 11.9 Å². The van der Waals surface area contributed by atoms with Crippen molar-refractivity contribution in [3.63, 3.8) is 0 Å². The molecule has 6 aliphatic rings. The number of nitrogens with zero attached hydrogens (tertiary/aromatic N) is 2. The number of hydrogen-bond acceptors (Lipinski definition) is 7. The van der Waals surface area contributed by atoms with Gasteiger partial charge < -0.3 is 15.2 Å². The van der Waals surface area contributed by atoms with Crippen molar-refractivity contribution in [1.82, 2.24) is 15.3 Å². The van der Waals surface area contributed by atoms with E-state index in [0.29, 0.717) is 29.1 Å². The zero-order valence-electron chi connectivity index (χ0n) is 34.4. The van der Waals surface area contributed by atoms with Crippen molar-refractivity contribution in [3.05, 3.63) is 46.5 Å². The van der Waals surface area contributed by atoms with E-state index in [1.165, 1.54) is 5.57 Å². The van der Waals surface area contributed by atoms with Crippen molar-refractivity contribution >= 4 is 35.2 Å². The zero-order chi connectivity index (χ0) is 40.1. The number of ether oxygens (including phenoxy) is 1. The highest BCUT2D eigenvalue weighted by atomic mass is 35.5. The Morgan fingerprint density at radius 2 is 1.62 bits per heavy atom. The first-order chi connectivity index (χ1) is 25.6. The lowest BCUT2D eigenvalue weighted by Crippen LogP contribution is -2.65. The summed E-state index contributed by atoms with van der Waals surface area (Å²) in [5.41, 5.74) is -0.107. The fourth-order valence-electron chi connectivity index (χ4n) is 13.3. The van der Waals surface area contributed by atoms with Crippen LogP contribution in [-0.2, 0) is 29.5 Å². The highest BCUT2D eigenvalue weighted by Crippen LogP contribution is 2.77. The minimum atomic E-state index is -1.17. The maximum atomic E-state index is 14.1. The summed E-state index contributed by atoms with van der Waals surface area (Å²) in [5, 5.41) is 13.3. The van der Waals surface area contributed by atoms with Gasteiger partial charge in [-0.15, -0.1) is 0 Å².